The van der Waals surface area contributed by atoms with Gasteiger partial charge < -0.3 is 5.32 Å². The summed E-state index contributed by atoms with van der Waals surface area (Å²) in [6, 6.07) is 14.4. The van der Waals surface area contributed by atoms with Crippen LogP contribution in [0.25, 0.3) is 5.82 Å². The third kappa shape index (κ3) is 3.95. The van der Waals surface area contributed by atoms with Gasteiger partial charge in [0.25, 0.3) is 5.91 Å². The Morgan fingerprint density at radius 2 is 1.93 bits per heavy atom. The highest BCUT2D eigenvalue weighted by Crippen LogP contribution is 2.39. The van der Waals surface area contributed by atoms with Gasteiger partial charge in [0.05, 0.1) is 17.5 Å². The van der Waals surface area contributed by atoms with Gasteiger partial charge in [-0.2, -0.15) is 5.10 Å². The van der Waals surface area contributed by atoms with E-state index in [0.29, 0.717) is 17.9 Å². The number of carbonyl (C=O) groups excluding carboxylic acids is 1. The lowest BCUT2D eigenvalue weighted by Crippen LogP contribution is -2.42. The summed E-state index contributed by atoms with van der Waals surface area (Å²) < 4.78 is 1.71. The molecule has 1 amide bonds. The van der Waals surface area contributed by atoms with Crippen molar-refractivity contribution < 1.29 is 4.79 Å². The van der Waals surface area contributed by atoms with E-state index in [9.17, 15) is 4.79 Å². The molecule has 1 aliphatic carbocycles. The van der Waals surface area contributed by atoms with Crippen molar-refractivity contribution >= 4 is 5.91 Å². The Bertz CT molecular complexity index is 987. The van der Waals surface area contributed by atoms with Gasteiger partial charge in [-0.3, -0.25) is 4.79 Å². The van der Waals surface area contributed by atoms with Crippen LogP contribution in [0.15, 0.2) is 54.9 Å². The Labute approximate surface area is 172 Å². The zero-order valence-corrected chi connectivity index (χ0v) is 17.2. The minimum Gasteiger partial charge on any atom is -0.351 e. The van der Waals surface area contributed by atoms with E-state index >= 15 is 0 Å². The van der Waals surface area contributed by atoms with E-state index in [-0.39, 0.29) is 11.3 Å². The number of nitrogens with zero attached hydrogens (tertiary/aromatic N) is 3. The Morgan fingerprint density at radius 3 is 2.66 bits per heavy atom. The van der Waals surface area contributed by atoms with Crippen molar-refractivity contribution in [3.05, 3.63) is 77.2 Å². The van der Waals surface area contributed by atoms with Crippen LogP contribution in [0.3, 0.4) is 0 Å². The smallest absolute Gasteiger partial charge is 0.254 e. The molecule has 2 aromatic heterocycles. The molecule has 3 aromatic rings. The zero-order valence-electron chi connectivity index (χ0n) is 17.2. The maximum Gasteiger partial charge on any atom is 0.254 e. The quantitative estimate of drug-likeness (QED) is 0.699. The number of carbonyl (C=O) groups is 1. The van der Waals surface area contributed by atoms with Gasteiger partial charge >= 0.3 is 0 Å². The molecule has 29 heavy (non-hydrogen) atoms. The highest BCUT2D eigenvalue weighted by molar-refractivity contribution is 5.95. The number of aryl methyl sites for hydroxylation is 1. The van der Waals surface area contributed by atoms with E-state index in [1.165, 1.54) is 30.4 Å². The predicted molar refractivity (Wildman–Crippen MR) is 114 cm³/mol. The summed E-state index contributed by atoms with van der Waals surface area (Å²) in [6.07, 6.45) is 9.29. The second-order valence-electron chi connectivity index (χ2n) is 8.14. The number of pyridine rings is 1. The second-order valence-corrected chi connectivity index (χ2v) is 8.14. The predicted octanol–water partition coefficient (Wildman–Crippen LogP) is 4.52. The Morgan fingerprint density at radius 1 is 1.10 bits per heavy atom. The molecule has 0 aliphatic heterocycles. The monoisotopic (exact) mass is 388 g/mol. The number of hydrogen-bond acceptors (Lipinski definition) is 3. The summed E-state index contributed by atoms with van der Waals surface area (Å²) >= 11 is 0. The number of benzene rings is 1. The fourth-order valence-electron chi connectivity index (χ4n) is 4.46. The highest BCUT2D eigenvalue weighted by Gasteiger charge is 2.34. The van der Waals surface area contributed by atoms with Crippen LogP contribution in [0.5, 0.6) is 0 Å². The summed E-state index contributed by atoms with van der Waals surface area (Å²) in [5, 5.41) is 7.60. The SMILES string of the molecule is Cc1cccc(C2(CNC(=O)c3cnn(-c4ccccn4)c3C)CCCCC2)c1. The lowest BCUT2D eigenvalue weighted by atomic mass is 9.69. The van der Waals surface area contributed by atoms with E-state index in [1.54, 1.807) is 17.1 Å². The zero-order chi connectivity index (χ0) is 20.3. The Balaban J connectivity index is 1.54. The largest absolute Gasteiger partial charge is 0.351 e. The van der Waals surface area contributed by atoms with E-state index < -0.39 is 0 Å². The number of nitrogens with one attached hydrogen (secondary N) is 1. The average Bonchev–Trinajstić information content (AvgIpc) is 3.15. The third-order valence-corrected chi connectivity index (χ3v) is 6.15. The molecule has 1 aliphatic rings. The van der Waals surface area contributed by atoms with Crippen molar-refractivity contribution in [3.63, 3.8) is 0 Å². The molecule has 4 rings (SSSR count). The molecule has 1 N–H and O–H groups in total. The molecule has 5 heteroatoms. The van der Waals surface area contributed by atoms with Crippen molar-refractivity contribution in [2.75, 3.05) is 6.54 Å². The Hall–Kier alpha value is -2.95. The van der Waals surface area contributed by atoms with Gasteiger partial charge in [-0.1, -0.05) is 55.2 Å². The van der Waals surface area contributed by atoms with E-state index in [1.807, 2.05) is 25.1 Å². The molecule has 0 unspecified atom stereocenters. The molecule has 0 atom stereocenters. The van der Waals surface area contributed by atoms with Gasteiger partial charge in [0.15, 0.2) is 5.82 Å². The maximum atomic E-state index is 13.0. The topological polar surface area (TPSA) is 59.8 Å². The van der Waals surface area contributed by atoms with Crippen LogP contribution in [0, 0.1) is 13.8 Å². The van der Waals surface area contributed by atoms with Crippen LogP contribution < -0.4 is 5.32 Å². The molecule has 5 nitrogen and oxygen atoms in total. The first kappa shape index (κ1) is 19.4. The molecule has 0 bridgehead atoms. The fourth-order valence-corrected chi connectivity index (χ4v) is 4.46. The molecule has 0 saturated heterocycles. The third-order valence-electron chi connectivity index (χ3n) is 6.15. The van der Waals surface area contributed by atoms with Crippen molar-refractivity contribution in [1.82, 2.24) is 20.1 Å². The number of hydrogen-bond donors (Lipinski definition) is 1. The Kier molecular flexibility index (Phi) is 5.47. The summed E-state index contributed by atoms with van der Waals surface area (Å²) in [7, 11) is 0. The van der Waals surface area contributed by atoms with Crippen molar-refractivity contribution in [3.8, 4) is 5.82 Å². The van der Waals surface area contributed by atoms with Gasteiger partial charge in [-0.25, -0.2) is 9.67 Å². The molecule has 0 spiro atoms. The van der Waals surface area contributed by atoms with E-state index in [2.05, 4.69) is 46.6 Å². The first-order chi connectivity index (χ1) is 14.1. The van der Waals surface area contributed by atoms with Gasteiger partial charge in [-0.05, 0) is 44.4 Å². The molecular formula is C24H28N4O. The van der Waals surface area contributed by atoms with Crippen LogP contribution in [0.1, 0.15) is 59.3 Å². The van der Waals surface area contributed by atoms with Crippen LogP contribution in [0.4, 0.5) is 0 Å². The number of rotatable bonds is 5. The molecule has 150 valence electrons. The first-order valence-electron chi connectivity index (χ1n) is 10.4. The molecule has 1 fully saturated rings. The van der Waals surface area contributed by atoms with Crippen molar-refractivity contribution in [1.29, 1.82) is 0 Å². The van der Waals surface area contributed by atoms with Crippen molar-refractivity contribution in [2.45, 2.75) is 51.4 Å². The van der Waals surface area contributed by atoms with Crippen LogP contribution in [-0.2, 0) is 5.41 Å². The lowest BCUT2D eigenvalue weighted by Gasteiger charge is -2.38. The van der Waals surface area contributed by atoms with Gasteiger partial charge in [0.1, 0.15) is 0 Å². The summed E-state index contributed by atoms with van der Waals surface area (Å²) in [4.78, 5) is 17.3. The van der Waals surface area contributed by atoms with Crippen LogP contribution in [0.2, 0.25) is 0 Å². The molecule has 1 saturated carbocycles. The standard InChI is InChI=1S/C24H28N4O/c1-18-9-8-10-20(15-18)24(12-5-3-6-13-24)17-26-23(29)21-16-27-28(19(21)2)22-11-4-7-14-25-22/h4,7-11,14-16H,3,5-6,12-13,17H2,1-2H3,(H,26,29). The molecule has 2 heterocycles. The lowest BCUT2D eigenvalue weighted by molar-refractivity contribution is 0.0936. The number of amides is 1. The summed E-state index contributed by atoms with van der Waals surface area (Å²) in [5.41, 5.74) is 4.04. The average molecular weight is 389 g/mol. The molecule has 1 aromatic carbocycles. The van der Waals surface area contributed by atoms with E-state index in [0.717, 1.165) is 18.5 Å². The first-order valence-corrected chi connectivity index (χ1v) is 10.4. The minimum absolute atomic E-state index is 0.0187. The minimum atomic E-state index is -0.0673. The second kappa shape index (κ2) is 8.19. The van der Waals surface area contributed by atoms with Gasteiger partial charge in [0, 0.05) is 18.2 Å². The number of aromatic nitrogens is 3. The normalized spacial score (nSPS) is 15.8. The summed E-state index contributed by atoms with van der Waals surface area (Å²) in [6.45, 7) is 4.70. The van der Waals surface area contributed by atoms with Crippen LogP contribution in [-0.4, -0.2) is 27.2 Å². The maximum absolute atomic E-state index is 13.0. The fraction of sp³-hybridized carbons (Fsp3) is 0.375. The molecular weight excluding hydrogens is 360 g/mol. The van der Waals surface area contributed by atoms with Crippen LogP contribution >= 0.6 is 0 Å². The molecule has 0 radical (unpaired) electrons. The summed E-state index contributed by atoms with van der Waals surface area (Å²) in [5.74, 6) is 0.648. The van der Waals surface area contributed by atoms with Gasteiger partial charge in [-0.15, -0.1) is 0 Å². The van der Waals surface area contributed by atoms with Crippen molar-refractivity contribution in [2.24, 2.45) is 0 Å². The highest BCUT2D eigenvalue weighted by atomic mass is 16.1. The van der Waals surface area contributed by atoms with E-state index in [4.69, 9.17) is 0 Å². The van der Waals surface area contributed by atoms with Gasteiger partial charge in [0.2, 0.25) is 0 Å².